The van der Waals surface area contributed by atoms with Gasteiger partial charge in [-0.15, -0.1) is 0 Å². The lowest BCUT2D eigenvalue weighted by Crippen LogP contribution is -3.06. The summed E-state index contributed by atoms with van der Waals surface area (Å²) in [6.45, 7) is 5.40. The largest absolute Gasteiger partial charge is 0.494 e. The molecule has 0 aliphatic heterocycles. The van der Waals surface area contributed by atoms with Crippen molar-refractivity contribution >= 4 is 38.4 Å². The van der Waals surface area contributed by atoms with E-state index in [1.165, 1.54) is 23.2 Å². The molecular weight excluding hydrogens is 386 g/mol. The first-order valence-electron chi connectivity index (χ1n) is 9.64. The molecule has 1 heterocycles. The van der Waals surface area contributed by atoms with E-state index in [1.54, 1.807) is 29.2 Å². The molecule has 2 aromatic carbocycles. The van der Waals surface area contributed by atoms with Gasteiger partial charge in [0.05, 0.1) is 44.0 Å². The number of benzene rings is 2. The number of thiazole rings is 1. The van der Waals surface area contributed by atoms with E-state index < -0.39 is 0 Å². The number of nitrogens with zero attached hydrogens (tertiary/aromatic N) is 2. The van der Waals surface area contributed by atoms with Crippen molar-refractivity contribution in [1.82, 2.24) is 4.98 Å². The molecule has 0 spiro atoms. The molecule has 0 radical (unpaired) electrons. The topological polar surface area (TPSA) is 63.9 Å². The Bertz CT molecular complexity index is 1010. The van der Waals surface area contributed by atoms with E-state index in [1.807, 2.05) is 25.1 Å². The zero-order valence-corrected chi connectivity index (χ0v) is 18.0. The van der Waals surface area contributed by atoms with E-state index in [4.69, 9.17) is 4.74 Å². The fraction of sp³-hybridized carbons (Fsp3) is 0.318. The number of hydrogen-bond donors (Lipinski definition) is 1. The van der Waals surface area contributed by atoms with E-state index in [2.05, 4.69) is 19.1 Å². The van der Waals surface area contributed by atoms with Gasteiger partial charge in [0, 0.05) is 11.1 Å². The number of fused-ring (bicyclic) bond motifs is 1. The van der Waals surface area contributed by atoms with Crippen LogP contribution in [0.2, 0.25) is 0 Å². The molecule has 0 bridgehead atoms. The molecule has 0 unspecified atom stereocenters. The quantitative estimate of drug-likeness (QED) is 0.578. The smallest absolute Gasteiger partial charge is 0.260 e. The summed E-state index contributed by atoms with van der Waals surface area (Å²) in [6, 6.07) is 12.6. The van der Waals surface area contributed by atoms with Crippen molar-refractivity contribution in [2.75, 3.05) is 38.7 Å². The minimum atomic E-state index is -0.120. The van der Waals surface area contributed by atoms with Crippen LogP contribution in [0, 0.1) is 0 Å². The molecule has 3 rings (SSSR count). The molecule has 1 aromatic heterocycles. The van der Waals surface area contributed by atoms with Gasteiger partial charge in [-0.05, 0) is 44.2 Å². The standard InChI is InChI=1S/C22H25N3O3S/c1-5-28-18-10-11-19-20(14-18)29-22(23-19)25(13-12-24(3)4)21(27)17-8-6-16(7-9-17)15(2)26/h6-11,14H,5,12-13H2,1-4H3/p+1. The number of ketones is 1. The lowest BCUT2D eigenvalue weighted by atomic mass is 10.1. The van der Waals surface area contributed by atoms with Crippen LogP contribution < -0.4 is 14.5 Å². The zero-order valence-electron chi connectivity index (χ0n) is 17.2. The van der Waals surface area contributed by atoms with Gasteiger partial charge < -0.3 is 9.64 Å². The van der Waals surface area contributed by atoms with Crippen molar-refractivity contribution in [3.8, 4) is 5.75 Å². The second-order valence-corrected chi connectivity index (χ2v) is 8.12. The van der Waals surface area contributed by atoms with Crippen LogP contribution in [0.5, 0.6) is 5.75 Å². The molecule has 0 saturated carbocycles. The minimum Gasteiger partial charge on any atom is -0.494 e. The van der Waals surface area contributed by atoms with Crippen LogP contribution in [0.15, 0.2) is 42.5 Å². The Morgan fingerprint density at radius 1 is 1.10 bits per heavy atom. The van der Waals surface area contributed by atoms with Crippen LogP contribution in [0.3, 0.4) is 0 Å². The summed E-state index contributed by atoms with van der Waals surface area (Å²) in [5.41, 5.74) is 1.97. The zero-order chi connectivity index (χ0) is 21.0. The Hall–Kier alpha value is -2.77. The van der Waals surface area contributed by atoms with Gasteiger partial charge in [0.15, 0.2) is 10.9 Å². The van der Waals surface area contributed by atoms with Crippen molar-refractivity contribution in [2.24, 2.45) is 0 Å². The van der Waals surface area contributed by atoms with E-state index in [9.17, 15) is 9.59 Å². The van der Waals surface area contributed by atoms with Crippen LogP contribution in [0.1, 0.15) is 34.6 Å². The monoisotopic (exact) mass is 412 g/mol. The molecule has 6 nitrogen and oxygen atoms in total. The van der Waals surface area contributed by atoms with Crippen molar-refractivity contribution in [1.29, 1.82) is 0 Å². The number of aromatic nitrogens is 1. The number of carbonyl (C=O) groups excluding carboxylic acids is 2. The van der Waals surface area contributed by atoms with Gasteiger partial charge in [0.2, 0.25) is 0 Å². The van der Waals surface area contributed by atoms with Gasteiger partial charge in [0.25, 0.3) is 5.91 Å². The molecule has 0 atom stereocenters. The first-order chi connectivity index (χ1) is 13.9. The molecule has 1 N–H and O–H groups in total. The number of ether oxygens (including phenoxy) is 1. The first-order valence-corrected chi connectivity index (χ1v) is 10.5. The third-order valence-electron chi connectivity index (χ3n) is 4.51. The Kier molecular flexibility index (Phi) is 6.61. The highest BCUT2D eigenvalue weighted by Gasteiger charge is 2.22. The number of carbonyl (C=O) groups is 2. The first kappa shape index (κ1) is 21.0. The molecule has 7 heteroatoms. The Morgan fingerprint density at radius 2 is 1.79 bits per heavy atom. The summed E-state index contributed by atoms with van der Waals surface area (Å²) in [5.74, 6) is 0.657. The number of nitrogens with one attached hydrogen (secondary N) is 1. The SMILES string of the molecule is CCOc1ccc2nc(N(CC[NH+](C)C)C(=O)c3ccc(C(C)=O)cc3)sc2c1. The molecular formula is C22H26N3O3S+. The molecule has 152 valence electrons. The Morgan fingerprint density at radius 3 is 2.41 bits per heavy atom. The highest BCUT2D eigenvalue weighted by molar-refractivity contribution is 7.22. The maximum Gasteiger partial charge on any atom is 0.260 e. The lowest BCUT2D eigenvalue weighted by Gasteiger charge is -2.20. The van der Waals surface area contributed by atoms with Gasteiger partial charge in [-0.2, -0.15) is 0 Å². The molecule has 0 aliphatic carbocycles. The summed E-state index contributed by atoms with van der Waals surface area (Å²) >= 11 is 1.48. The molecule has 3 aromatic rings. The van der Waals surface area contributed by atoms with Crippen LogP contribution in [-0.2, 0) is 0 Å². The second kappa shape index (κ2) is 9.15. The fourth-order valence-corrected chi connectivity index (χ4v) is 3.91. The number of rotatable bonds is 8. The van der Waals surface area contributed by atoms with Crippen LogP contribution in [0.25, 0.3) is 10.2 Å². The van der Waals surface area contributed by atoms with E-state index in [0.717, 1.165) is 22.5 Å². The third-order valence-corrected chi connectivity index (χ3v) is 5.55. The Labute approximate surface area is 174 Å². The average Bonchev–Trinajstić information content (AvgIpc) is 3.11. The summed E-state index contributed by atoms with van der Waals surface area (Å²) in [7, 11) is 4.11. The second-order valence-electron chi connectivity index (χ2n) is 7.11. The number of amides is 1. The minimum absolute atomic E-state index is 0.0201. The van der Waals surface area contributed by atoms with Crippen molar-refractivity contribution < 1.29 is 19.2 Å². The normalized spacial score (nSPS) is 11.1. The van der Waals surface area contributed by atoms with Crippen LogP contribution in [0.4, 0.5) is 5.13 Å². The van der Waals surface area contributed by atoms with Crippen molar-refractivity contribution in [2.45, 2.75) is 13.8 Å². The molecule has 29 heavy (non-hydrogen) atoms. The van der Waals surface area contributed by atoms with Gasteiger partial charge in [-0.3, -0.25) is 14.5 Å². The van der Waals surface area contributed by atoms with E-state index >= 15 is 0 Å². The summed E-state index contributed by atoms with van der Waals surface area (Å²) < 4.78 is 6.56. The van der Waals surface area contributed by atoms with Crippen LogP contribution >= 0.6 is 11.3 Å². The molecule has 1 amide bonds. The third kappa shape index (κ3) is 4.99. The average molecular weight is 413 g/mol. The van der Waals surface area contributed by atoms with Gasteiger partial charge >= 0.3 is 0 Å². The summed E-state index contributed by atoms with van der Waals surface area (Å²) in [6.07, 6.45) is 0. The van der Waals surface area contributed by atoms with E-state index in [-0.39, 0.29) is 11.7 Å². The van der Waals surface area contributed by atoms with E-state index in [0.29, 0.717) is 29.4 Å². The highest BCUT2D eigenvalue weighted by Crippen LogP contribution is 2.32. The maximum atomic E-state index is 13.3. The molecule has 0 fully saturated rings. The van der Waals surface area contributed by atoms with Crippen LogP contribution in [-0.4, -0.2) is 50.5 Å². The molecule has 0 saturated heterocycles. The summed E-state index contributed by atoms with van der Waals surface area (Å²) in [5, 5.41) is 0.663. The summed E-state index contributed by atoms with van der Waals surface area (Å²) in [4.78, 5) is 32.4. The van der Waals surface area contributed by atoms with Gasteiger partial charge in [-0.25, -0.2) is 4.98 Å². The number of hydrogen-bond acceptors (Lipinski definition) is 5. The highest BCUT2D eigenvalue weighted by atomic mass is 32.1. The number of anilines is 1. The molecule has 0 aliphatic rings. The van der Waals surface area contributed by atoms with Gasteiger partial charge in [0.1, 0.15) is 5.75 Å². The van der Waals surface area contributed by atoms with Crippen molar-refractivity contribution in [3.63, 3.8) is 0 Å². The maximum absolute atomic E-state index is 13.3. The number of quaternary nitrogens is 1. The predicted molar refractivity (Wildman–Crippen MR) is 117 cm³/mol. The fourth-order valence-electron chi connectivity index (χ4n) is 2.89. The predicted octanol–water partition coefficient (Wildman–Crippen LogP) is 2.69. The van der Waals surface area contributed by atoms with Gasteiger partial charge in [-0.1, -0.05) is 23.5 Å². The number of likely N-dealkylation sites (N-methyl/N-ethyl adjacent to an activating group) is 1. The number of Topliss-reactive ketones (excluding diaryl/α,β-unsaturated/α-hetero) is 1. The lowest BCUT2D eigenvalue weighted by molar-refractivity contribution is -0.856. The Balaban J connectivity index is 1.94. The van der Waals surface area contributed by atoms with Crippen molar-refractivity contribution in [3.05, 3.63) is 53.6 Å².